The number of aliphatic hydroxyl groups is 1. The van der Waals surface area contributed by atoms with E-state index < -0.39 is 47.1 Å². The van der Waals surface area contributed by atoms with Crippen LogP contribution in [0.25, 0.3) is 21.5 Å². The van der Waals surface area contributed by atoms with Gasteiger partial charge >= 0.3 is 6.18 Å². The van der Waals surface area contributed by atoms with Crippen molar-refractivity contribution >= 4 is 33.4 Å². The molecule has 4 N–H and O–H groups in total. The Kier molecular flexibility index (Phi) is 6.30. The Morgan fingerprint density at radius 1 is 1.21 bits per heavy atom. The van der Waals surface area contributed by atoms with Gasteiger partial charge in [0, 0.05) is 17.3 Å². The van der Waals surface area contributed by atoms with Crippen molar-refractivity contribution in [3.63, 3.8) is 0 Å². The summed E-state index contributed by atoms with van der Waals surface area (Å²) in [5, 5.41) is 13.2. The third kappa shape index (κ3) is 4.46. The van der Waals surface area contributed by atoms with Gasteiger partial charge < -0.3 is 20.9 Å². The normalized spacial score (nSPS) is 18.3. The zero-order chi connectivity index (χ0) is 28.2. The molecule has 2 atom stereocenters. The molecule has 2 amide bonds. The van der Waals surface area contributed by atoms with Gasteiger partial charge in [0.2, 0.25) is 11.5 Å². The summed E-state index contributed by atoms with van der Waals surface area (Å²) in [5.41, 5.74) is -0.0663. The van der Waals surface area contributed by atoms with Crippen molar-refractivity contribution < 1.29 is 37.0 Å². The number of primary amides is 1. The number of halogens is 4. The largest absolute Gasteiger partial charge is 0.489 e. The number of pyridine rings is 2. The molecule has 0 fully saturated rings. The van der Waals surface area contributed by atoms with E-state index in [1.165, 1.54) is 31.3 Å². The first-order valence-corrected chi connectivity index (χ1v) is 12.3. The number of amides is 2. The van der Waals surface area contributed by atoms with Crippen LogP contribution in [0.3, 0.4) is 0 Å². The number of ether oxygens (including phenoxy) is 1. The Labute approximate surface area is 222 Å². The topological polar surface area (TPSA) is 127 Å². The lowest BCUT2D eigenvalue weighted by molar-refractivity contribution is -0.265. The highest BCUT2D eigenvalue weighted by atomic mass is 32.1. The maximum atomic E-state index is 14.5. The molecule has 4 heterocycles. The summed E-state index contributed by atoms with van der Waals surface area (Å²) >= 11 is 1.03. The van der Waals surface area contributed by atoms with Crippen LogP contribution in [0.4, 0.5) is 17.6 Å². The fourth-order valence-corrected chi connectivity index (χ4v) is 5.15. The number of carbonyl (C=O) groups is 2. The van der Waals surface area contributed by atoms with Gasteiger partial charge in [0.1, 0.15) is 29.3 Å². The van der Waals surface area contributed by atoms with Crippen LogP contribution in [0.2, 0.25) is 0 Å². The third-order valence-electron chi connectivity index (χ3n) is 6.64. The smallest absolute Gasteiger partial charge is 0.424 e. The van der Waals surface area contributed by atoms with Crippen molar-refractivity contribution in [3.8, 4) is 17.0 Å². The van der Waals surface area contributed by atoms with Crippen LogP contribution in [0.15, 0.2) is 54.7 Å². The van der Waals surface area contributed by atoms with Gasteiger partial charge in [-0.2, -0.15) is 13.2 Å². The highest BCUT2D eigenvalue weighted by Gasteiger charge is 2.57. The van der Waals surface area contributed by atoms with E-state index in [-0.39, 0.29) is 34.1 Å². The Hall–Kier alpha value is -4.10. The molecule has 0 bridgehead atoms. The summed E-state index contributed by atoms with van der Waals surface area (Å²) in [4.78, 5) is 33.3. The van der Waals surface area contributed by atoms with E-state index in [2.05, 4.69) is 15.3 Å². The van der Waals surface area contributed by atoms with Crippen LogP contribution >= 0.6 is 11.3 Å². The second kappa shape index (κ2) is 9.27. The summed E-state index contributed by atoms with van der Waals surface area (Å²) in [7, 11) is 0. The fraction of sp³-hybridized carbons (Fsp3) is 0.231. The van der Waals surface area contributed by atoms with E-state index in [9.17, 15) is 32.3 Å². The molecular formula is C26H20F4N4O4S. The average molecular weight is 561 g/mol. The molecule has 4 aromatic rings. The Bertz CT molecular complexity index is 1580. The molecule has 13 heteroatoms. The van der Waals surface area contributed by atoms with Gasteiger partial charge in [-0.05, 0) is 55.5 Å². The van der Waals surface area contributed by atoms with Gasteiger partial charge in [-0.25, -0.2) is 9.37 Å². The zero-order valence-corrected chi connectivity index (χ0v) is 21.0. The molecule has 1 aromatic carbocycles. The quantitative estimate of drug-likeness (QED) is 0.308. The van der Waals surface area contributed by atoms with Crippen molar-refractivity contribution in [2.24, 2.45) is 5.73 Å². The number of alkyl halides is 3. The Morgan fingerprint density at radius 2 is 1.92 bits per heavy atom. The molecule has 0 radical (unpaired) electrons. The van der Waals surface area contributed by atoms with Crippen molar-refractivity contribution in [1.29, 1.82) is 0 Å². The number of hydrogen-bond acceptors (Lipinski definition) is 7. The minimum absolute atomic E-state index is 0.0157. The lowest BCUT2D eigenvalue weighted by atomic mass is 9.81. The van der Waals surface area contributed by atoms with E-state index in [4.69, 9.17) is 10.5 Å². The van der Waals surface area contributed by atoms with Crippen LogP contribution in [-0.4, -0.2) is 46.2 Å². The first-order valence-electron chi connectivity index (χ1n) is 11.5. The summed E-state index contributed by atoms with van der Waals surface area (Å²) < 4.78 is 63.3. The van der Waals surface area contributed by atoms with E-state index in [1.807, 2.05) is 0 Å². The van der Waals surface area contributed by atoms with E-state index in [0.29, 0.717) is 10.2 Å². The monoisotopic (exact) mass is 560 g/mol. The van der Waals surface area contributed by atoms with Crippen molar-refractivity contribution in [2.75, 3.05) is 13.2 Å². The predicted molar refractivity (Wildman–Crippen MR) is 134 cm³/mol. The van der Waals surface area contributed by atoms with Crippen LogP contribution in [0.1, 0.15) is 27.9 Å². The molecule has 39 heavy (non-hydrogen) atoms. The Balaban J connectivity index is 1.59. The molecule has 1 aliphatic heterocycles. The summed E-state index contributed by atoms with van der Waals surface area (Å²) in [6.45, 7) is -0.179. The highest BCUT2D eigenvalue weighted by molar-refractivity contribution is 7.20. The lowest BCUT2D eigenvalue weighted by Gasteiger charge is -2.31. The molecule has 1 aliphatic rings. The molecule has 8 nitrogen and oxygen atoms in total. The van der Waals surface area contributed by atoms with Crippen LogP contribution in [0.5, 0.6) is 5.75 Å². The van der Waals surface area contributed by atoms with Gasteiger partial charge in [0.15, 0.2) is 0 Å². The average Bonchev–Trinajstić information content (AvgIpc) is 3.49. The predicted octanol–water partition coefficient (Wildman–Crippen LogP) is 3.81. The maximum absolute atomic E-state index is 14.5. The summed E-state index contributed by atoms with van der Waals surface area (Å²) in [6.07, 6.45) is -3.80. The van der Waals surface area contributed by atoms with Crippen molar-refractivity contribution in [2.45, 2.75) is 24.1 Å². The molecule has 0 saturated carbocycles. The number of nitrogens with zero attached hydrogens (tertiary/aromatic N) is 2. The second-order valence-electron chi connectivity index (χ2n) is 9.26. The number of nitrogens with two attached hydrogens (primary N) is 1. The molecule has 0 unspecified atom stereocenters. The maximum Gasteiger partial charge on any atom is 0.424 e. The fourth-order valence-electron chi connectivity index (χ4n) is 4.22. The molecule has 0 aliphatic carbocycles. The molecule has 0 saturated heterocycles. The van der Waals surface area contributed by atoms with Crippen molar-refractivity contribution in [1.82, 2.24) is 15.3 Å². The molecule has 202 valence electrons. The van der Waals surface area contributed by atoms with E-state index in [0.717, 1.165) is 29.5 Å². The summed E-state index contributed by atoms with van der Waals surface area (Å²) in [5.74, 6) is -2.34. The number of hydrogen-bond donors (Lipinski definition) is 3. The zero-order valence-electron chi connectivity index (χ0n) is 20.2. The standard InChI is InChI=1S/C26H20F4N4O4S/c1-24(23(31)36)12-38-21-15(24)9-19(34-20(21)13-4-6-14(27)7-5-13)25(37,26(28,29)30)11-33-22(35)18-10-16-17(39-18)3-2-8-32-16/h2-10,37H,11-12H2,1H3,(H2,31,36)(H,33,35)/t24-,25-/m0/s1. The number of thiophene rings is 1. The lowest BCUT2D eigenvalue weighted by Crippen LogP contribution is -2.51. The molecule has 3 aromatic heterocycles. The Morgan fingerprint density at radius 3 is 2.56 bits per heavy atom. The molecular weight excluding hydrogens is 540 g/mol. The number of benzene rings is 1. The molecule has 5 rings (SSSR count). The van der Waals surface area contributed by atoms with Gasteiger partial charge in [0.05, 0.1) is 27.3 Å². The number of rotatable bonds is 6. The number of nitrogens with one attached hydrogen (secondary N) is 1. The van der Waals surface area contributed by atoms with E-state index >= 15 is 0 Å². The minimum Gasteiger partial charge on any atom is -0.489 e. The first-order chi connectivity index (χ1) is 18.3. The minimum atomic E-state index is -5.31. The second-order valence-corrected chi connectivity index (χ2v) is 10.3. The third-order valence-corrected chi connectivity index (χ3v) is 7.73. The number of carbonyl (C=O) groups excluding carboxylic acids is 2. The van der Waals surface area contributed by atoms with Crippen LogP contribution in [-0.2, 0) is 15.8 Å². The van der Waals surface area contributed by atoms with Gasteiger partial charge in [-0.1, -0.05) is 0 Å². The van der Waals surface area contributed by atoms with Gasteiger partial charge in [0.25, 0.3) is 5.91 Å². The molecule has 0 spiro atoms. The number of fused-ring (bicyclic) bond motifs is 2. The van der Waals surface area contributed by atoms with Gasteiger partial charge in [-0.15, -0.1) is 11.3 Å². The highest BCUT2D eigenvalue weighted by Crippen LogP contribution is 2.47. The number of aromatic nitrogens is 2. The summed E-state index contributed by atoms with van der Waals surface area (Å²) in [6, 6.07) is 10.4. The van der Waals surface area contributed by atoms with Gasteiger partial charge in [-0.3, -0.25) is 14.6 Å². The SMILES string of the molecule is C[C@]1(C(N)=O)COc2c1cc([C@@](O)(CNC(=O)c1cc3ncccc3s1)C(F)(F)F)nc2-c1ccc(F)cc1. The van der Waals surface area contributed by atoms with Crippen LogP contribution in [0, 0.1) is 5.82 Å². The van der Waals surface area contributed by atoms with E-state index in [1.54, 1.807) is 12.1 Å². The first kappa shape index (κ1) is 26.5. The van der Waals surface area contributed by atoms with Crippen molar-refractivity contribution in [3.05, 3.63) is 76.7 Å². The van der Waals surface area contributed by atoms with Crippen LogP contribution < -0.4 is 15.8 Å².